The van der Waals surface area contributed by atoms with Crippen LogP contribution in [-0.2, 0) is 10.0 Å². The van der Waals surface area contributed by atoms with Gasteiger partial charge in [-0.1, -0.05) is 48.5 Å². The molecule has 0 aliphatic rings. The quantitative estimate of drug-likeness (QED) is 0.656. The summed E-state index contributed by atoms with van der Waals surface area (Å²) in [4.78, 5) is 12.6. The van der Waals surface area contributed by atoms with E-state index < -0.39 is 28.2 Å². The summed E-state index contributed by atoms with van der Waals surface area (Å²) >= 11 is 0. The lowest BCUT2D eigenvalue weighted by Gasteiger charge is -2.10. The van der Waals surface area contributed by atoms with Crippen LogP contribution in [0.15, 0.2) is 77.7 Å². The van der Waals surface area contributed by atoms with Gasteiger partial charge in [-0.3, -0.25) is 4.79 Å². The normalized spacial score (nSPS) is 11.3. The van der Waals surface area contributed by atoms with Crippen molar-refractivity contribution in [2.24, 2.45) is 0 Å². The molecule has 0 aliphatic carbocycles. The zero-order valence-electron chi connectivity index (χ0n) is 14.6. The first-order valence-corrected chi connectivity index (χ1v) is 9.80. The average Bonchev–Trinajstić information content (AvgIpc) is 2.69. The van der Waals surface area contributed by atoms with Crippen molar-refractivity contribution in [1.82, 2.24) is 4.72 Å². The minimum atomic E-state index is -3.79. The van der Waals surface area contributed by atoms with Crippen LogP contribution in [0.25, 0.3) is 11.1 Å². The van der Waals surface area contributed by atoms with Crippen LogP contribution in [0.2, 0.25) is 0 Å². The number of hydrogen-bond acceptors (Lipinski definition) is 3. The lowest BCUT2D eigenvalue weighted by molar-refractivity contribution is 0.0997. The van der Waals surface area contributed by atoms with Gasteiger partial charge in [0.25, 0.3) is 0 Å². The van der Waals surface area contributed by atoms with Crippen LogP contribution in [0.1, 0.15) is 15.9 Å². The minimum Gasteiger partial charge on any atom is -0.293 e. The number of Topliss-reactive ketones (excluding diaryl/α,β-unsaturated/α-hetero) is 1. The topological polar surface area (TPSA) is 63.2 Å². The average molecular weight is 383 g/mol. The highest BCUT2D eigenvalue weighted by molar-refractivity contribution is 7.89. The third-order valence-electron chi connectivity index (χ3n) is 4.14. The van der Waals surface area contributed by atoms with Gasteiger partial charge >= 0.3 is 0 Å². The number of carbonyl (C=O) groups excluding carboxylic acids is 1. The van der Waals surface area contributed by atoms with Gasteiger partial charge in [0.2, 0.25) is 10.0 Å². The Hall–Kier alpha value is -2.83. The molecule has 138 valence electrons. The predicted molar refractivity (Wildman–Crippen MR) is 103 cm³/mol. The maximum Gasteiger partial charge on any atom is 0.240 e. The lowest BCUT2D eigenvalue weighted by atomic mass is 9.97. The van der Waals surface area contributed by atoms with Crippen LogP contribution in [0.5, 0.6) is 0 Å². The Kier molecular flexibility index (Phi) is 5.48. The molecule has 0 saturated heterocycles. The molecule has 0 fully saturated rings. The van der Waals surface area contributed by atoms with Gasteiger partial charge in [0.1, 0.15) is 5.82 Å². The van der Waals surface area contributed by atoms with Gasteiger partial charge in [0, 0.05) is 11.1 Å². The molecule has 0 atom stereocenters. The SMILES string of the molecule is Cc1cc(C(=O)CNS(=O)(=O)c2ccccc2)cc(-c2ccccc2)c1F. The number of benzene rings is 3. The molecule has 0 heterocycles. The van der Waals surface area contributed by atoms with Crippen molar-refractivity contribution in [2.45, 2.75) is 11.8 Å². The molecule has 0 bridgehead atoms. The molecule has 4 nitrogen and oxygen atoms in total. The Morgan fingerprint density at radius 3 is 2.19 bits per heavy atom. The van der Waals surface area contributed by atoms with Gasteiger partial charge in [-0.05, 0) is 42.3 Å². The van der Waals surface area contributed by atoms with Crippen LogP contribution in [-0.4, -0.2) is 20.7 Å². The molecule has 0 aromatic heterocycles. The molecule has 0 unspecified atom stereocenters. The van der Waals surface area contributed by atoms with E-state index in [4.69, 9.17) is 0 Å². The van der Waals surface area contributed by atoms with Crippen LogP contribution in [0.3, 0.4) is 0 Å². The molecule has 0 saturated carbocycles. The molecule has 27 heavy (non-hydrogen) atoms. The van der Waals surface area contributed by atoms with E-state index in [0.717, 1.165) is 0 Å². The van der Waals surface area contributed by atoms with E-state index in [-0.39, 0.29) is 10.5 Å². The first-order chi connectivity index (χ1) is 12.9. The first kappa shape index (κ1) is 18.9. The number of rotatable bonds is 6. The Morgan fingerprint density at radius 2 is 1.56 bits per heavy atom. The number of ketones is 1. The molecule has 3 aromatic rings. The van der Waals surface area contributed by atoms with E-state index in [1.807, 2.05) is 6.07 Å². The lowest BCUT2D eigenvalue weighted by Crippen LogP contribution is -2.29. The van der Waals surface area contributed by atoms with E-state index in [1.165, 1.54) is 24.3 Å². The summed E-state index contributed by atoms with van der Waals surface area (Å²) in [5, 5.41) is 0. The minimum absolute atomic E-state index is 0.0815. The highest BCUT2D eigenvalue weighted by atomic mass is 32.2. The van der Waals surface area contributed by atoms with Crippen molar-refractivity contribution >= 4 is 15.8 Å². The molecular formula is C21H18FNO3S. The summed E-state index contributed by atoms with van der Waals surface area (Å²) in [5.74, 6) is -0.836. The second kappa shape index (κ2) is 7.82. The number of sulfonamides is 1. The molecule has 0 amide bonds. The standard InChI is InChI=1S/C21H18FNO3S/c1-15-12-17(13-19(21(15)22)16-8-4-2-5-9-16)20(24)14-23-27(25,26)18-10-6-3-7-11-18/h2-13,23H,14H2,1H3. The van der Waals surface area contributed by atoms with Crippen molar-refractivity contribution in [1.29, 1.82) is 0 Å². The Labute approximate surface area is 157 Å². The summed E-state index contributed by atoms with van der Waals surface area (Å²) in [5.41, 5.74) is 1.54. The highest BCUT2D eigenvalue weighted by Crippen LogP contribution is 2.26. The summed E-state index contributed by atoms with van der Waals surface area (Å²) in [6.45, 7) is 1.17. The van der Waals surface area contributed by atoms with E-state index in [1.54, 1.807) is 49.4 Å². The first-order valence-electron chi connectivity index (χ1n) is 8.32. The zero-order valence-corrected chi connectivity index (χ0v) is 15.5. The van der Waals surface area contributed by atoms with Gasteiger partial charge in [-0.25, -0.2) is 17.5 Å². The summed E-state index contributed by atoms with van der Waals surface area (Å²) in [6.07, 6.45) is 0. The van der Waals surface area contributed by atoms with Crippen molar-refractivity contribution in [3.8, 4) is 11.1 Å². The van der Waals surface area contributed by atoms with E-state index in [9.17, 15) is 17.6 Å². The summed E-state index contributed by atoms with van der Waals surface area (Å²) in [6, 6.07) is 19.6. The van der Waals surface area contributed by atoms with Crippen LogP contribution in [0, 0.1) is 12.7 Å². The third-order valence-corrected chi connectivity index (χ3v) is 5.55. The summed E-state index contributed by atoms with van der Waals surface area (Å²) < 4.78 is 41.3. The molecular weight excluding hydrogens is 365 g/mol. The monoisotopic (exact) mass is 383 g/mol. The fourth-order valence-corrected chi connectivity index (χ4v) is 3.71. The van der Waals surface area contributed by atoms with Crippen molar-refractivity contribution in [3.63, 3.8) is 0 Å². The van der Waals surface area contributed by atoms with Crippen LogP contribution in [0.4, 0.5) is 4.39 Å². The second-order valence-corrected chi connectivity index (χ2v) is 7.85. The molecule has 3 rings (SSSR count). The highest BCUT2D eigenvalue weighted by Gasteiger charge is 2.18. The molecule has 0 spiro atoms. The fourth-order valence-electron chi connectivity index (χ4n) is 2.70. The number of hydrogen-bond donors (Lipinski definition) is 1. The van der Waals surface area contributed by atoms with E-state index >= 15 is 0 Å². The van der Waals surface area contributed by atoms with E-state index in [2.05, 4.69) is 4.72 Å². The molecule has 1 N–H and O–H groups in total. The number of nitrogens with one attached hydrogen (secondary N) is 1. The van der Waals surface area contributed by atoms with Gasteiger partial charge in [0.05, 0.1) is 11.4 Å². The number of aryl methyl sites for hydroxylation is 1. The number of carbonyl (C=O) groups is 1. The number of halogens is 1. The van der Waals surface area contributed by atoms with E-state index in [0.29, 0.717) is 16.7 Å². The Bertz CT molecular complexity index is 1070. The van der Waals surface area contributed by atoms with Crippen molar-refractivity contribution < 1.29 is 17.6 Å². The van der Waals surface area contributed by atoms with Crippen molar-refractivity contribution in [3.05, 3.63) is 89.7 Å². The van der Waals surface area contributed by atoms with Gasteiger partial charge in [-0.15, -0.1) is 0 Å². The third kappa shape index (κ3) is 4.30. The van der Waals surface area contributed by atoms with Crippen molar-refractivity contribution in [2.75, 3.05) is 6.54 Å². The zero-order chi connectivity index (χ0) is 19.4. The van der Waals surface area contributed by atoms with Gasteiger partial charge in [-0.2, -0.15) is 0 Å². The Balaban J connectivity index is 1.84. The van der Waals surface area contributed by atoms with Crippen LogP contribution < -0.4 is 4.72 Å². The summed E-state index contributed by atoms with van der Waals surface area (Å²) in [7, 11) is -3.79. The maximum absolute atomic E-state index is 14.5. The smallest absolute Gasteiger partial charge is 0.240 e. The van der Waals surface area contributed by atoms with Gasteiger partial charge < -0.3 is 0 Å². The molecule has 0 radical (unpaired) electrons. The molecule has 3 aromatic carbocycles. The second-order valence-electron chi connectivity index (χ2n) is 6.08. The molecule has 0 aliphatic heterocycles. The fraction of sp³-hybridized carbons (Fsp3) is 0.0952. The predicted octanol–water partition coefficient (Wildman–Crippen LogP) is 3.96. The maximum atomic E-state index is 14.5. The van der Waals surface area contributed by atoms with Crippen LogP contribution >= 0.6 is 0 Å². The Morgan fingerprint density at radius 1 is 0.963 bits per heavy atom. The largest absolute Gasteiger partial charge is 0.293 e. The van der Waals surface area contributed by atoms with Gasteiger partial charge in [0.15, 0.2) is 5.78 Å². The molecule has 6 heteroatoms.